The van der Waals surface area contributed by atoms with Gasteiger partial charge in [0.2, 0.25) is 0 Å². The first-order valence-corrected chi connectivity index (χ1v) is 45.2. The Hall–Kier alpha value is -2.71. The van der Waals surface area contributed by atoms with E-state index in [0.29, 0.717) is 117 Å². The summed E-state index contributed by atoms with van der Waals surface area (Å²) in [4.78, 5) is 33.9. The lowest BCUT2D eigenvalue weighted by atomic mass is 10.2. The van der Waals surface area contributed by atoms with E-state index in [0.717, 1.165) is 151 Å². The third kappa shape index (κ3) is 109. The summed E-state index contributed by atoms with van der Waals surface area (Å²) in [6, 6.07) is 13.3. The fourth-order valence-electron chi connectivity index (χ4n) is 7.78. The van der Waals surface area contributed by atoms with E-state index in [4.69, 9.17) is 146 Å². The molecule has 0 aliphatic rings. The number of nitrogens with one attached hydrogen (secondary N) is 3. The monoisotopic (exact) mass is 1810 g/mol. The number of hydrogen-bond acceptors (Lipinski definition) is 25. The van der Waals surface area contributed by atoms with Crippen LogP contribution in [0.4, 0.5) is 14.4 Å². The van der Waals surface area contributed by atoms with Crippen molar-refractivity contribution in [2.75, 3.05) is 194 Å². The van der Waals surface area contributed by atoms with Crippen LogP contribution in [-0.2, 0) is 76.0 Å². The van der Waals surface area contributed by atoms with Gasteiger partial charge in [0.15, 0.2) is 0 Å². The molecule has 0 spiro atoms. The molecule has 2 aromatic carbocycles. The first kappa shape index (κ1) is 125. The number of aryl methyl sites for hydroxylation is 2. The summed E-state index contributed by atoms with van der Waals surface area (Å²) < 4.78 is 108. The smallest absolute Gasteiger partial charge is 0.407 e. The van der Waals surface area contributed by atoms with Crippen LogP contribution in [0.2, 0.25) is 0 Å². The number of unbranched alkanes of at least 4 members (excludes halogenated alkanes) is 15. The molecule has 2 rings (SSSR count). The third-order valence-corrected chi connectivity index (χ3v) is 17.2. The van der Waals surface area contributed by atoms with Crippen molar-refractivity contribution in [3.8, 4) is 0 Å². The van der Waals surface area contributed by atoms with Gasteiger partial charge in [-0.05, 0) is 165 Å². The normalized spacial score (nSPS) is 11.0. The predicted octanol–water partition coefficient (Wildman–Crippen LogP) is 14.3. The Bertz CT molecular complexity index is 2450. The summed E-state index contributed by atoms with van der Waals surface area (Å²) >= 11 is 27.7. The van der Waals surface area contributed by atoms with Gasteiger partial charge in [-0.2, -0.15) is 16.8 Å². The largest absolute Gasteiger partial charge is 0.444 e. The predicted molar refractivity (Wildman–Crippen MR) is 467 cm³/mol. The molecule has 0 aromatic heterocycles. The molecule has 3 amide bonds. The lowest BCUT2D eigenvalue weighted by Crippen LogP contribution is -2.34. The molecule has 0 unspecified atom stereocenters. The highest BCUT2D eigenvalue weighted by atomic mass is 35.5. The Morgan fingerprint density at radius 2 is 0.548 bits per heavy atom. The molecule has 0 atom stereocenters. The van der Waals surface area contributed by atoms with Crippen molar-refractivity contribution in [1.29, 1.82) is 0 Å². The Kier molecular flexibility index (Phi) is 100. The van der Waals surface area contributed by atoms with E-state index in [9.17, 15) is 31.2 Å². The highest BCUT2D eigenvalue weighted by molar-refractivity contribution is 7.87. The maximum Gasteiger partial charge on any atom is 0.407 e. The van der Waals surface area contributed by atoms with Crippen molar-refractivity contribution >= 4 is 109 Å². The summed E-state index contributed by atoms with van der Waals surface area (Å²) in [5.74, 6) is 3.58. The SMILES string of the molecule is CC(C)(C)OC(=O)NCCOCCO.CC(C)(C)OC(=O)NCCOCCO.CC(C)(C)OC(=O)NCCOCCOCCCCCCCl.Cc1ccc(S(=O)(=O)OCCCCCCCl)cc1.Cc1ccc(S(=O)(=O)OCCCCCCCl)cc1.Cl.NCCOCCO.NCCOCCOCCCCCCCl.OCCCCCCCl. The van der Waals surface area contributed by atoms with E-state index in [2.05, 4.69) is 16.0 Å². The van der Waals surface area contributed by atoms with Crippen molar-refractivity contribution in [1.82, 2.24) is 16.0 Å². The number of carbonyl (C=O) groups is 3. The second kappa shape index (κ2) is 92.0. The first-order chi connectivity index (χ1) is 54.2. The molecule has 2 aromatic rings. The van der Waals surface area contributed by atoms with Gasteiger partial charge in [-0.25, -0.2) is 14.4 Å². The molecule has 11 N–H and O–H groups in total. The number of aliphatic hydroxyl groups is 4. The molecule has 0 radical (unpaired) electrons. The molecule has 0 aliphatic heterocycles. The summed E-state index contributed by atoms with van der Waals surface area (Å²) in [6.07, 6.45) is 19.4. The number of carbonyl (C=O) groups excluding carboxylic acids is 3. The molecule has 0 bridgehead atoms. The zero-order valence-electron chi connectivity index (χ0n) is 71.3. The maximum absolute atomic E-state index is 11.8. The van der Waals surface area contributed by atoms with E-state index in [1.165, 1.54) is 19.3 Å². The molecule has 0 saturated carbocycles. The Morgan fingerprint density at radius 1 is 0.322 bits per heavy atom. The van der Waals surface area contributed by atoms with Crippen molar-refractivity contribution < 1.29 is 107 Å². The highest BCUT2D eigenvalue weighted by Gasteiger charge is 2.19. The second-order valence-electron chi connectivity index (χ2n) is 27.7. The number of halogens is 6. The average Bonchev–Trinajstić information content (AvgIpc) is 0.851. The molecule has 115 heavy (non-hydrogen) atoms. The molecular formula is C79H153Cl6N5O23S2. The van der Waals surface area contributed by atoms with Crippen LogP contribution in [0.5, 0.6) is 0 Å². The van der Waals surface area contributed by atoms with E-state index in [1.807, 2.05) is 34.6 Å². The first-order valence-electron chi connectivity index (χ1n) is 39.7. The number of alkyl carbamates (subject to hydrolysis) is 3. The summed E-state index contributed by atoms with van der Waals surface area (Å²) in [5, 5.41) is 40.9. The Labute approximate surface area is 724 Å². The summed E-state index contributed by atoms with van der Waals surface area (Å²) in [5.41, 5.74) is 10.9. The quantitative estimate of drug-likeness (QED) is 0.0129. The van der Waals surface area contributed by atoms with Crippen LogP contribution in [0.15, 0.2) is 58.3 Å². The van der Waals surface area contributed by atoms with Gasteiger partial charge < -0.3 is 95.2 Å². The molecule has 28 nitrogen and oxygen atoms in total. The van der Waals surface area contributed by atoms with Crippen LogP contribution in [-0.4, -0.2) is 267 Å². The summed E-state index contributed by atoms with van der Waals surface area (Å²) in [7, 11) is -7.19. The van der Waals surface area contributed by atoms with Crippen LogP contribution in [0, 0.1) is 13.8 Å². The average molecular weight is 1820 g/mol. The Balaban J connectivity index is -0.000000236. The van der Waals surface area contributed by atoms with Gasteiger partial charge in [0.1, 0.15) is 16.8 Å². The summed E-state index contributed by atoms with van der Waals surface area (Å²) in [6.45, 7) is 30.7. The molecule has 36 heteroatoms. The van der Waals surface area contributed by atoms with Crippen molar-refractivity contribution in [2.45, 2.75) is 231 Å². The number of ether oxygens (including phenoxy) is 10. The van der Waals surface area contributed by atoms with E-state index < -0.39 is 55.3 Å². The zero-order valence-corrected chi connectivity index (χ0v) is 77.5. The standard InChI is InChI=1S/C15H30ClNO4.2C13H19ClO3S.C10H22ClNO2.2C9H19NO4.C6H13ClO.C4H11NO2.ClH/c1-15(2,3)21-14(18)17-9-11-20-13-12-19-10-7-5-4-6-8-16;2*1-12-6-8-13(9-7-12)18(15,16)17-11-5-3-2-4-10-14;11-5-3-1-2-4-7-13-9-10-14-8-6-12;2*1-9(2,3)14-8(12)10-4-6-13-7-5-11;7-5-3-1-2-4-6-8;5-1-3-7-4-2-6;/h4-13H2,1-3H3,(H,17,18);2*6-9H,2-5,10-11H2,1H3;1-10,12H2;2*11H,4-7H2,1-3H3,(H,10,12);8H,1-6H2;6H,1-5H2;1H. The van der Waals surface area contributed by atoms with Gasteiger partial charge in [0.05, 0.1) is 122 Å². The molecule has 0 saturated heterocycles. The van der Waals surface area contributed by atoms with Crippen LogP contribution in [0.3, 0.4) is 0 Å². The molecule has 0 aliphatic carbocycles. The van der Waals surface area contributed by atoms with Crippen LogP contribution < -0.4 is 27.4 Å². The van der Waals surface area contributed by atoms with E-state index >= 15 is 0 Å². The number of amides is 3. The van der Waals surface area contributed by atoms with Gasteiger partial charge >= 0.3 is 18.3 Å². The number of rotatable bonds is 58. The number of aliphatic hydroxyl groups excluding tert-OH is 4. The maximum atomic E-state index is 11.8. The second-order valence-corrected chi connectivity index (χ2v) is 32.9. The topological polar surface area (TPSA) is 399 Å². The minimum absolute atomic E-state index is 0. The number of nitrogens with two attached hydrogens (primary N) is 2. The van der Waals surface area contributed by atoms with Crippen LogP contribution >= 0.6 is 70.4 Å². The van der Waals surface area contributed by atoms with Gasteiger partial charge in [-0.3, -0.25) is 8.37 Å². The van der Waals surface area contributed by atoms with Crippen LogP contribution in [0.25, 0.3) is 0 Å². The zero-order chi connectivity index (χ0) is 87.2. The molecule has 686 valence electrons. The fourth-order valence-corrected chi connectivity index (χ4v) is 10.6. The van der Waals surface area contributed by atoms with Gasteiger partial charge in [0, 0.05) is 81.9 Å². The lowest BCUT2D eigenvalue weighted by molar-refractivity contribution is 0.0390. The Morgan fingerprint density at radius 3 is 0.791 bits per heavy atom. The van der Waals surface area contributed by atoms with Gasteiger partial charge in [-0.15, -0.1) is 70.4 Å². The molecule has 0 heterocycles. The molecule has 0 fully saturated rings. The van der Waals surface area contributed by atoms with E-state index in [1.54, 1.807) is 90.1 Å². The minimum atomic E-state index is -3.60. The number of hydrogen-bond donors (Lipinski definition) is 9. The van der Waals surface area contributed by atoms with Gasteiger partial charge in [-0.1, -0.05) is 99.6 Å². The van der Waals surface area contributed by atoms with Gasteiger partial charge in [0.25, 0.3) is 20.2 Å². The third-order valence-electron chi connectivity index (χ3n) is 13.3. The van der Waals surface area contributed by atoms with E-state index in [-0.39, 0.29) is 68.4 Å². The number of alkyl halides is 5. The molecular weight excluding hydrogens is 1660 g/mol. The van der Waals surface area contributed by atoms with Crippen molar-refractivity contribution in [3.05, 3.63) is 59.7 Å². The van der Waals surface area contributed by atoms with Crippen LogP contribution in [0.1, 0.15) is 202 Å². The van der Waals surface area contributed by atoms with Crippen molar-refractivity contribution in [3.63, 3.8) is 0 Å². The minimum Gasteiger partial charge on any atom is -0.444 e. The fraction of sp³-hybridized carbons (Fsp3) is 0.810. The highest BCUT2D eigenvalue weighted by Crippen LogP contribution is 2.17. The van der Waals surface area contributed by atoms with Crippen molar-refractivity contribution in [2.24, 2.45) is 11.5 Å². The lowest BCUT2D eigenvalue weighted by Gasteiger charge is -2.19. The number of benzene rings is 2.